The number of benzene rings is 1. The first kappa shape index (κ1) is 38.7. The van der Waals surface area contributed by atoms with Gasteiger partial charge in [-0.1, -0.05) is 63.4 Å². The molecule has 2 saturated carbocycles. The highest BCUT2D eigenvalue weighted by atomic mass is 35.5. The molecule has 0 N–H and O–H groups in total. The van der Waals surface area contributed by atoms with Gasteiger partial charge in [0, 0.05) is 22.2 Å². The Morgan fingerprint density at radius 2 is 1.62 bits per heavy atom. The summed E-state index contributed by atoms with van der Waals surface area (Å²) < 4.78 is 58.0. The fourth-order valence-corrected chi connectivity index (χ4v) is 10.8. The Labute approximate surface area is 293 Å². The van der Waals surface area contributed by atoms with E-state index < -0.39 is 49.2 Å². The number of aromatic nitrogens is 2. The van der Waals surface area contributed by atoms with Crippen molar-refractivity contribution in [2.45, 2.75) is 123 Å². The zero-order valence-electron chi connectivity index (χ0n) is 29.0. The fourth-order valence-electron chi connectivity index (χ4n) is 7.37. The molecule has 2 fully saturated rings. The molecule has 1 atom stereocenters. The summed E-state index contributed by atoms with van der Waals surface area (Å²) in [5.74, 6) is -1.09. The molecule has 1 aromatic heterocycles. The highest BCUT2D eigenvalue weighted by Gasteiger charge is 2.47. The van der Waals surface area contributed by atoms with Crippen molar-refractivity contribution in [1.29, 1.82) is 0 Å². The third-order valence-corrected chi connectivity index (χ3v) is 16.2. The molecule has 0 spiro atoms. The van der Waals surface area contributed by atoms with Crippen LogP contribution in [0.15, 0.2) is 24.4 Å². The maximum atomic E-state index is 15.0. The van der Waals surface area contributed by atoms with Gasteiger partial charge in [0.25, 0.3) is 5.91 Å². The molecule has 268 valence electrons. The van der Waals surface area contributed by atoms with E-state index in [4.69, 9.17) is 32.4 Å². The summed E-state index contributed by atoms with van der Waals surface area (Å²) in [6.07, 6.45) is -0.485. The maximum Gasteiger partial charge on any atom is 0.433 e. The monoisotopic (exact) mass is 731 g/mol. The van der Waals surface area contributed by atoms with Crippen molar-refractivity contribution in [3.8, 4) is 0 Å². The van der Waals surface area contributed by atoms with Crippen molar-refractivity contribution < 1.29 is 31.9 Å². The second-order valence-electron chi connectivity index (χ2n) is 14.2. The Morgan fingerprint density at radius 1 is 1.04 bits per heavy atom. The lowest BCUT2D eigenvalue weighted by Crippen LogP contribution is -2.47. The molecule has 0 saturated heterocycles. The zero-order valence-corrected chi connectivity index (χ0v) is 31.5. The Bertz CT molecular complexity index is 1410. The average molecular weight is 733 g/mol. The standard InChI is InChI=1S/C35H50Cl2F3N3O4Si/c1-7-46-32(45)34(6)19-15-24(16-20-34)43-30(35(38,39)40)25(21-41-43)31(44)42(23-33(5)17-12-18-33)22-28(47-48(8-2,9-3)10-4)29-26(36)13-11-14-27(29)37/h11,13-14,21,24,28H,7-10,12,15-20,22-23H2,1-6H3. The van der Waals surface area contributed by atoms with E-state index in [9.17, 15) is 22.8 Å². The number of alkyl halides is 3. The number of halogens is 5. The Hall–Kier alpha value is -2.08. The van der Waals surface area contributed by atoms with Gasteiger partial charge in [-0.2, -0.15) is 18.3 Å². The van der Waals surface area contributed by atoms with Crippen molar-refractivity contribution in [1.82, 2.24) is 14.7 Å². The molecule has 2 aliphatic carbocycles. The van der Waals surface area contributed by atoms with Gasteiger partial charge in [0.05, 0.1) is 42.5 Å². The number of rotatable bonds is 14. The van der Waals surface area contributed by atoms with E-state index in [2.05, 4.69) is 32.8 Å². The van der Waals surface area contributed by atoms with Crippen molar-refractivity contribution >= 4 is 43.4 Å². The van der Waals surface area contributed by atoms with Crippen LogP contribution in [0.1, 0.15) is 120 Å². The highest BCUT2D eigenvalue weighted by molar-refractivity contribution is 6.73. The summed E-state index contributed by atoms with van der Waals surface area (Å²) in [4.78, 5) is 28.6. The van der Waals surface area contributed by atoms with Gasteiger partial charge < -0.3 is 14.1 Å². The van der Waals surface area contributed by atoms with Crippen LogP contribution in [0.4, 0.5) is 13.2 Å². The number of hydrogen-bond acceptors (Lipinski definition) is 5. The zero-order chi connectivity index (χ0) is 35.5. The van der Waals surface area contributed by atoms with Crippen LogP contribution in [-0.2, 0) is 20.1 Å². The highest BCUT2D eigenvalue weighted by Crippen LogP contribution is 2.46. The Kier molecular flexibility index (Phi) is 12.4. The smallest absolute Gasteiger partial charge is 0.433 e. The summed E-state index contributed by atoms with van der Waals surface area (Å²) in [7, 11) is -2.31. The molecule has 0 bridgehead atoms. The summed E-state index contributed by atoms with van der Waals surface area (Å²) in [6.45, 7) is 12.4. The van der Waals surface area contributed by atoms with Gasteiger partial charge in [0.1, 0.15) is 0 Å². The lowest BCUT2D eigenvalue weighted by molar-refractivity contribution is -0.157. The second kappa shape index (κ2) is 15.4. The number of amides is 1. The van der Waals surface area contributed by atoms with Gasteiger partial charge in [-0.05, 0) is 88.1 Å². The molecule has 1 amide bonds. The SMILES string of the molecule is CCOC(=O)C1(C)CCC(n2ncc(C(=O)N(CC(O[Si](CC)(CC)CC)c3c(Cl)cccc3Cl)CC3(C)CCC3)c2C(F)(F)F)CC1. The summed E-state index contributed by atoms with van der Waals surface area (Å²) in [5.41, 5.74) is -2.02. The molecule has 1 aromatic carbocycles. The van der Waals surface area contributed by atoms with Crippen LogP contribution >= 0.6 is 23.2 Å². The minimum absolute atomic E-state index is 0.00354. The predicted octanol–water partition coefficient (Wildman–Crippen LogP) is 10.3. The summed E-state index contributed by atoms with van der Waals surface area (Å²) in [6, 6.07) is 7.02. The average Bonchev–Trinajstić information content (AvgIpc) is 3.48. The van der Waals surface area contributed by atoms with Crippen LogP contribution in [-0.4, -0.2) is 54.6 Å². The first-order valence-corrected chi connectivity index (χ1v) is 20.6. The van der Waals surface area contributed by atoms with Gasteiger partial charge >= 0.3 is 12.1 Å². The minimum atomic E-state index is -4.84. The molecule has 13 heteroatoms. The molecular weight excluding hydrogens is 682 g/mol. The number of nitrogens with zero attached hydrogens (tertiary/aromatic N) is 3. The lowest BCUT2D eigenvalue weighted by Gasteiger charge is -2.44. The van der Waals surface area contributed by atoms with E-state index >= 15 is 0 Å². The van der Waals surface area contributed by atoms with E-state index in [1.54, 1.807) is 32.0 Å². The molecule has 4 rings (SSSR count). The van der Waals surface area contributed by atoms with Crippen LogP contribution in [0.2, 0.25) is 28.2 Å². The van der Waals surface area contributed by atoms with Gasteiger partial charge in [0.15, 0.2) is 14.0 Å². The third-order valence-electron chi connectivity index (χ3n) is 10.9. The third kappa shape index (κ3) is 8.27. The number of hydrogen-bond donors (Lipinski definition) is 0. The summed E-state index contributed by atoms with van der Waals surface area (Å²) in [5, 5.41) is 4.97. The van der Waals surface area contributed by atoms with Crippen LogP contribution < -0.4 is 0 Å². The Balaban J connectivity index is 1.74. The Morgan fingerprint density at radius 3 is 2.10 bits per heavy atom. The first-order valence-electron chi connectivity index (χ1n) is 17.3. The largest absolute Gasteiger partial charge is 0.466 e. The number of ether oxygens (including phenoxy) is 1. The fraction of sp³-hybridized carbons (Fsp3) is 0.686. The molecule has 0 aliphatic heterocycles. The normalized spacial score (nSPS) is 21.8. The van der Waals surface area contributed by atoms with E-state index in [1.807, 2.05) is 0 Å². The van der Waals surface area contributed by atoms with Crippen LogP contribution in [0.3, 0.4) is 0 Å². The number of carbonyl (C=O) groups excluding carboxylic acids is 2. The maximum absolute atomic E-state index is 15.0. The molecule has 48 heavy (non-hydrogen) atoms. The molecule has 1 heterocycles. The van der Waals surface area contributed by atoms with Gasteiger partial charge in [-0.3, -0.25) is 14.3 Å². The van der Waals surface area contributed by atoms with E-state index in [-0.39, 0.29) is 31.1 Å². The van der Waals surface area contributed by atoms with E-state index in [0.717, 1.165) is 48.3 Å². The van der Waals surface area contributed by atoms with Gasteiger partial charge in [-0.15, -0.1) is 0 Å². The van der Waals surface area contributed by atoms with Crippen LogP contribution in [0.25, 0.3) is 0 Å². The first-order chi connectivity index (χ1) is 22.6. The van der Waals surface area contributed by atoms with E-state index in [0.29, 0.717) is 41.3 Å². The molecule has 7 nitrogen and oxygen atoms in total. The second-order valence-corrected chi connectivity index (χ2v) is 19.7. The molecule has 2 aromatic rings. The van der Waals surface area contributed by atoms with Crippen molar-refractivity contribution in [3.63, 3.8) is 0 Å². The van der Waals surface area contributed by atoms with Gasteiger partial charge in [-0.25, -0.2) is 0 Å². The van der Waals surface area contributed by atoms with Crippen molar-refractivity contribution in [2.75, 3.05) is 19.7 Å². The lowest BCUT2D eigenvalue weighted by atomic mass is 9.70. The van der Waals surface area contributed by atoms with E-state index in [1.165, 1.54) is 4.90 Å². The number of esters is 1. The molecular formula is C35H50Cl2F3N3O4Si. The topological polar surface area (TPSA) is 73.7 Å². The summed E-state index contributed by atoms with van der Waals surface area (Å²) >= 11 is 13.4. The number of carbonyl (C=O) groups is 2. The minimum Gasteiger partial charge on any atom is -0.466 e. The molecule has 1 unspecified atom stereocenters. The molecule has 0 radical (unpaired) electrons. The predicted molar refractivity (Wildman–Crippen MR) is 185 cm³/mol. The van der Waals surface area contributed by atoms with Crippen molar-refractivity contribution in [3.05, 3.63) is 51.3 Å². The van der Waals surface area contributed by atoms with Crippen molar-refractivity contribution in [2.24, 2.45) is 10.8 Å². The van der Waals surface area contributed by atoms with Crippen LogP contribution in [0, 0.1) is 10.8 Å². The van der Waals surface area contributed by atoms with Gasteiger partial charge in [0.2, 0.25) is 0 Å². The quantitative estimate of drug-likeness (QED) is 0.143. The van der Waals surface area contributed by atoms with Crippen LogP contribution in [0.5, 0.6) is 0 Å². The molecule has 2 aliphatic rings.